The van der Waals surface area contributed by atoms with E-state index in [9.17, 15) is 22.6 Å². The van der Waals surface area contributed by atoms with Crippen LogP contribution in [0.15, 0.2) is 126 Å². The second-order valence-corrected chi connectivity index (χ2v) is 13.7. The van der Waals surface area contributed by atoms with Gasteiger partial charge in [0, 0.05) is 12.5 Å². The minimum Gasteiger partial charge on any atom is -0.483 e. The molecule has 1 saturated heterocycles. The van der Waals surface area contributed by atoms with Crippen LogP contribution < -0.4 is 10.2 Å². The maximum Gasteiger partial charge on any atom is 0.278 e. The van der Waals surface area contributed by atoms with Gasteiger partial charge in [-0.1, -0.05) is 109 Å². The molecule has 1 aliphatic heterocycles. The predicted octanol–water partition coefficient (Wildman–Crippen LogP) is 6.09. The third kappa shape index (κ3) is 7.96. The number of aromatic nitrogens is 2. The second-order valence-electron chi connectivity index (χ2n) is 12.1. The smallest absolute Gasteiger partial charge is 0.278 e. The van der Waals surface area contributed by atoms with E-state index in [0.29, 0.717) is 12.0 Å². The average molecular weight is 682 g/mol. The number of likely N-dealkylation sites (tertiary alicyclic amines) is 1. The third-order valence-electron chi connectivity index (χ3n) is 8.88. The lowest BCUT2D eigenvalue weighted by Crippen LogP contribution is -2.48. The zero-order valence-electron chi connectivity index (χ0n) is 26.6. The van der Waals surface area contributed by atoms with E-state index in [2.05, 4.69) is 5.10 Å². The first-order valence-electron chi connectivity index (χ1n) is 16.1. The van der Waals surface area contributed by atoms with Crippen molar-refractivity contribution in [1.29, 1.82) is 0 Å². The van der Waals surface area contributed by atoms with Crippen LogP contribution in [0.25, 0.3) is 0 Å². The number of carbonyl (C=O) groups is 1. The van der Waals surface area contributed by atoms with E-state index in [1.165, 1.54) is 21.8 Å². The molecule has 49 heavy (non-hydrogen) atoms. The highest BCUT2D eigenvalue weighted by Crippen LogP contribution is 2.36. The monoisotopic (exact) mass is 681 g/mol. The van der Waals surface area contributed by atoms with Crippen LogP contribution in [0.3, 0.4) is 0 Å². The van der Waals surface area contributed by atoms with Gasteiger partial charge in [0.15, 0.2) is 11.4 Å². The average Bonchev–Trinajstić information content (AvgIpc) is 3.59. The minimum atomic E-state index is -4.77. The van der Waals surface area contributed by atoms with Crippen molar-refractivity contribution in [3.63, 3.8) is 0 Å². The van der Waals surface area contributed by atoms with Crippen LogP contribution in [-0.2, 0) is 23.3 Å². The van der Waals surface area contributed by atoms with Gasteiger partial charge in [0.05, 0.1) is 18.8 Å². The SMILES string of the molecule is O=C(c1nn(Cc2ccccc2)cc(OCc2ccccc2)c1=O)N1CCCC1[C@@H](C[C@H](c1ccccc1)c1ccccc1F)S(=O)(=O)O. The molecule has 0 bridgehead atoms. The first kappa shape index (κ1) is 33.8. The molecule has 1 aromatic heterocycles. The van der Waals surface area contributed by atoms with Gasteiger partial charge in [-0.3, -0.25) is 18.8 Å². The second kappa shape index (κ2) is 15.0. The molecule has 11 heteroatoms. The fourth-order valence-corrected chi connectivity index (χ4v) is 7.62. The molecule has 0 spiro atoms. The van der Waals surface area contributed by atoms with Crippen molar-refractivity contribution in [2.45, 2.75) is 49.6 Å². The Kier molecular flexibility index (Phi) is 10.3. The Labute approximate surface area is 284 Å². The molecule has 1 aliphatic rings. The number of amides is 1. The first-order valence-corrected chi connectivity index (χ1v) is 17.6. The Morgan fingerprint density at radius 1 is 0.898 bits per heavy atom. The quantitative estimate of drug-likeness (QED) is 0.158. The fraction of sp³-hybridized carbons (Fsp3) is 0.237. The Balaban J connectivity index is 1.36. The Morgan fingerprint density at radius 2 is 1.51 bits per heavy atom. The summed E-state index contributed by atoms with van der Waals surface area (Å²) in [6, 6.07) is 32.6. The van der Waals surface area contributed by atoms with E-state index < -0.39 is 50.2 Å². The molecule has 4 aromatic carbocycles. The highest BCUT2D eigenvalue weighted by molar-refractivity contribution is 7.86. The summed E-state index contributed by atoms with van der Waals surface area (Å²) in [6.07, 6.45) is 1.93. The van der Waals surface area contributed by atoms with Gasteiger partial charge >= 0.3 is 0 Å². The number of benzene rings is 4. The van der Waals surface area contributed by atoms with Crippen LogP contribution in [0.5, 0.6) is 5.75 Å². The number of hydrogen-bond acceptors (Lipinski definition) is 6. The maximum atomic E-state index is 15.2. The molecule has 1 fully saturated rings. The molecular weight excluding hydrogens is 645 g/mol. The van der Waals surface area contributed by atoms with Crippen molar-refractivity contribution in [2.24, 2.45) is 0 Å². The number of hydrogen-bond donors (Lipinski definition) is 1. The number of halogens is 1. The summed E-state index contributed by atoms with van der Waals surface area (Å²) in [5.74, 6) is -2.11. The molecular formula is C38H36FN3O6S. The van der Waals surface area contributed by atoms with Gasteiger partial charge in [-0.2, -0.15) is 13.5 Å². The summed E-state index contributed by atoms with van der Waals surface area (Å²) in [4.78, 5) is 29.4. The van der Waals surface area contributed by atoms with Crippen molar-refractivity contribution in [3.05, 3.63) is 165 Å². The van der Waals surface area contributed by atoms with Crippen LogP contribution in [0.4, 0.5) is 4.39 Å². The summed E-state index contributed by atoms with van der Waals surface area (Å²) >= 11 is 0. The lowest BCUT2D eigenvalue weighted by molar-refractivity contribution is 0.0718. The van der Waals surface area contributed by atoms with E-state index in [0.717, 1.165) is 11.1 Å². The van der Waals surface area contributed by atoms with Crippen molar-refractivity contribution in [2.75, 3.05) is 6.54 Å². The zero-order chi connectivity index (χ0) is 34.4. The lowest BCUT2D eigenvalue weighted by atomic mass is 9.85. The van der Waals surface area contributed by atoms with E-state index in [4.69, 9.17) is 4.74 Å². The van der Waals surface area contributed by atoms with Crippen LogP contribution in [0.1, 0.15) is 57.9 Å². The van der Waals surface area contributed by atoms with Crippen LogP contribution in [0.2, 0.25) is 0 Å². The summed E-state index contributed by atoms with van der Waals surface area (Å²) in [5.41, 5.74) is 1.47. The lowest BCUT2D eigenvalue weighted by Gasteiger charge is -2.32. The molecule has 5 aromatic rings. The van der Waals surface area contributed by atoms with Gasteiger partial charge in [-0.15, -0.1) is 0 Å². The molecule has 1 unspecified atom stereocenters. The molecule has 0 aliphatic carbocycles. The number of nitrogens with zero attached hydrogens (tertiary/aromatic N) is 3. The Bertz CT molecular complexity index is 2060. The van der Waals surface area contributed by atoms with E-state index in [-0.39, 0.29) is 43.9 Å². The molecule has 1 amide bonds. The molecule has 1 N–H and O–H groups in total. The van der Waals surface area contributed by atoms with Crippen molar-refractivity contribution in [3.8, 4) is 5.75 Å². The van der Waals surface area contributed by atoms with E-state index in [1.54, 1.807) is 48.5 Å². The van der Waals surface area contributed by atoms with Crippen LogP contribution >= 0.6 is 0 Å². The molecule has 252 valence electrons. The topological polar surface area (TPSA) is 119 Å². The summed E-state index contributed by atoms with van der Waals surface area (Å²) in [5, 5.41) is 2.94. The van der Waals surface area contributed by atoms with Gasteiger partial charge < -0.3 is 9.64 Å². The highest BCUT2D eigenvalue weighted by atomic mass is 32.2. The number of carbonyl (C=O) groups excluding carboxylic acids is 1. The van der Waals surface area contributed by atoms with E-state index >= 15 is 4.39 Å². The molecule has 9 nitrogen and oxygen atoms in total. The predicted molar refractivity (Wildman–Crippen MR) is 184 cm³/mol. The normalized spacial score (nSPS) is 15.9. The molecule has 0 radical (unpaired) electrons. The summed E-state index contributed by atoms with van der Waals surface area (Å²) < 4.78 is 59.5. The van der Waals surface area contributed by atoms with E-state index in [1.807, 2.05) is 60.7 Å². The molecule has 3 atom stereocenters. The summed E-state index contributed by atoms with van der Waals surface area (Å²) in [7, 11) is -4.77. The van der Waals surface area contributed by atoms with Gasteiger partial charge in [-0.25, -0.2) is 4.39 Å². The Morgan fingerprint density at radius 3 is 2.16 bits per heavy atom. The van der Waals surface area contributed by atoms with Gasteiger partial charge in [0.1, 0.15) is 17.7 Å². The van der Waals surface area contributed by atoms with Crippen molar-refractivity contribution in [1.82, 2.24) is 14.7 Å². The Hall–Kier alpha value is -5.13. The summed E-state index contributed by atoms with van der Waals surface area (Å²) in [6.45, 7) is 0.453. The van der Waals surface area contributed by atoms with Crippen LogP contribution in [-0.4, -0.2) is 51.4 Å². The fourth-order valence-electron chi connectivity index (χ4n) is 6.51. The van der Waals surface area contributed by atoms with Gasteiger partial charge in [0.25, 0.3) is 21.5 Å². The van der Waals surface area contributed by atoms with Crippen molar-refractivity contribution >= 4 is 16.0 Å². The third-order valence-corrected chi connectivity index (χ3v) is 10.2. The molecule has 0 saturated carbocycles. The number of rotatable bonds is 12. The standard InChI is InChI=1S/C38H36FN3O6S/c39-32-20-11-10-19-30(32)31(29-17-8-3-9-18-29)23-35(49(45,46)47)33-21-12-22-42(33)38(44)36-37(43)34(48-26-28-15-6-2-7-16-28)25-41(40-36)24-27-13-4-1-5-14-27/h1-11,13-20,25,31,33,35H,12,21-24,26H2,(H,45,46,47)/t31-,33?,35-/m1/s1. The zero-order valence-corrected chi connectivity index (χ0v) is 27.5. The van der Waals surface area contributed by atoms with Gasteiger partial charge in [-0.05, 0) is 47.6 Å². The number of ether oxygens (including phenoxy) is 1. The largest absolute Gasteiger partial charge is 0.483 e. The minimum absolute atomic E-state index is 0.0765. The van der Waals surface area contributed by atoms with Crippen molar-refractivity contribution < 1.29 is 26.9 Å². The molecule has 6 rings (SSSR count). The molecule has 2 heterocycles. The maximum absolute atomic E-state index is 15.2. The van der Waals surface area contributed by atoms with Gasteiger partial charge in [0.2, 0.25) is 0 Å². The first-order chi connectivity index (χ1) is 23.7. The van der Waals surface area contributed by atoms with Crippen LogP contribution in [0, 0.1) is 5.82 Å². The highest BCUT2D eigenvalue weighted by Gasteiger charge is 2.44.